The summed E-state index contributed by atoms with van der Waals surface area (Å²) < 4.78 is 29.7. The molecule has 0 radical (unpaired) electrons. The number of hydrogen-bond donors (Lipinski definition) is 6. The first-order valence-corrected chi connectivity index (χ1v) is 9.17. The number of nitrogens with one attached hydrogen (secondary N) is 1. The lowest BCUT2D eigenvalue weighted by Crippen LogP contribution is -2.46. The maximum absolute atomic E-state index is 11.7. The van der Waals surface area contributed by atoms with Crippen LogP contribution in [0.15, 0.2) is 0 Å². The fourth-order valence-corrected chi connectivity index (χ4v) is 3.01. The van der Waals surface area contributed by atoms with Crippen molar-refractivity contribution in [3.05, 3.63) is 0 Å². The van der Waals surface area contributed by atoms with E-state index < -0.39 is 45.6 Å². The van der Waals surface area contributed by atoms with Crippen molar-refractivity contribution in [2.24, 2.45) is 11.1 Å². The molecule has 2 atom stereocenters. The second-order valence-corrected chi connectivity index (χ2v) is 8.04. The molecular formula is C9H20N2O10P2. The van der Waals surface area contributed by atoms with Crippen molar-refractivity contribution in [3.63, 3.8) is 0 Å². The lowest BCUT2D eigenvalue weighted by atomic mass is 9.87. The summed E-state index contributed by atoms with van der Waals surface area (Å²) in [7, 11) is -10.3. The number of rotatable bonds is 10. The molecule has 0 aliphatic carbocycles. The second kappa shape index (κ2) is 8.32. The van der Waals surface area contributed by atoms with Crippen LogP contribution in [0.2, 0.25) is 0 Å². The summed E-state index contributed by atoms with van der Waals surface area (Å²) in [6, 6.07) is 0. The number of amides is 2. The number of aliphatic hydroxyl groups is 1. The topological polar surface area (TPSA) is 206 Å². The molecule has 12 nitrogen and oxygen atoms in total. The van der Waals surface area contributed by atoms with Gasteiger partial charge in [-0.25, -0.2) is 9.13 Å². The lowest BCUT2D eigenvalue weighted by molar-refractivity contribution is -0.137. The maximum Gasteiger partial charge on any atom is 0.481 e. The quantitative estimate of drug-likeness (QED) is 0.245. The van der Waals surface area contributed by atoms with E-state index in [9.17, 15) is 23.8 Å². The van der Waals surface area contributed by atoms with Crippen LogP contribution in [0.1, 0.15) is 20.3 Å². The van der Waals surface area contributed by atoms with Gasteiger partial charge in [-0.2, -0.15) is 4.31 Å². The van der Waals surface area contributed by atoms with Gasteiger partial charge >= 0.3 is 15.6 Å². The fraction of sp³-hybridized carbons (Fsp3) is 0.778. The van der Waals surface area contributed by atoms with Crippen molar-refractivity contribution in [3.8, 4) is 0 Å². The normalized spacial score (nSPS) is 16.4. The summed E-state index contributed by atoms with van der Waals surface area (Å²) >= 11 is 0. The molecule has 14 heteroatoms. The van der Waals surface area contributed by atoms with E-state index in [1.54, 1.807) is 0 Å². The molecule has 7 N–H and O–H groups in total. The first kappa shape index (κ1) is 22.2. The molecule has 0 aromatic carbocycles. The number of aliphatic hydroxyl groups excluding tert-OH is 1. The molecule has 0 aliphatic heterocycles. The molecule has 136 valence electrons. The van der Waals surface area contributed by atoms with Crippen molar-refractivity contribution in [2.45, 2.75) is 26.4 Å². The van der Waals surface area contributed by atoms with Crippen LogP contribution >= 0.6 is 15.6 Å². The molecule has 1 unspecified atom stereocenters. The Bertz CT molecular complexity index is 530. The highest BCUT2D eigenvalue weighted by molar-refractivity contribution is 7.60. The van der Waals surface area contributed by atoms with E-state index in [1.807, 2.05) is 0 Å². The minimum absolute atomic E-state index is 0.109. The first-order chi connectivity index (χ1) is 10.2. The van der Waals surface area contributed by atoms with Gasteiger partial charge < -0.3 is 30.8 Å². The van der Waals surface area contributed by atoms with Gasteiger partial charge in [0.1, 0.15) is 6.10 Å². The predicted octanol–water partition coefficient (Wildman–Crippen LogP) is -1.41. The number of phosphoric ester groups is 1. The standard InChI is InChI=1S/C9H20N2O10P2/c1-9(2,5-20-23(18,19)21-22(15,16)17)7(13)8(14)11-4-3-6(10)12/h7,13H,3-5H2,1-2H3,(H2,10,12)(H,11,14)(H,18,19)(H2,15,16,17)/t7-/m0/s1. The van der Waals surface area contributed by atoms with Crippen molar-refractivity contribution in [1.29, 1.82) is 0 Å². The molecule has 0 aliphatic rings. The smallest absolute Gasteiger partial charge is 0.383 e. The molecular weight excluding hydrogens is 358 g/mol. The molecule has 2 amide bonds. The van der Waals surface area contributed by atoms with Crippen LogP contribution in [0.4, 0.5) is 0 Å². The van der Waals surface area contributed by atoms with Crippen LogP contribution in [0.5, 0.6) is 0 Å². The highest BCUT2D eigenvalue weighted by Crippen LogP contribution is 2.58. The molecule has 0 fully saturated rings. The van der Waals surface area contributed by atoms with Gasteiger partial charge in [0, 0.05) is 18.4 Å². The number of carbonyl (C=O) groups is 2. The Morgan fingerprint density at radius 3 is 2.22 bits per heavy atom. The van der Waals surface area contributed by atoms with Gasteiger partial charge in [0.25, 0.3) is 0 Å². The van der Waals surface area contributed by atoms with E-state index >= 15 is 0 Å². The van der Waals surface area contributed by atoms with E-state index in [2.05, 4.69) is 14.2 Å². The van der Waals surface area contributed by atoms with Gasteiger partial charge in [-0.05, 0) is 0 Å². The van der Waals surface area contributed by atoms with Gasteiger partial charge in [-0.1, -0.05) is 13.8 Å². The number of phosphoric acid groups is 2. The molecule has 0 saturated heterocycles. The third-order valence-corrected chi connectivity index (χ3v) is 4.60. The highest BCUT2D eigenvalue weighted by Gasteiger charge is 2.39. The van der Waals surface area contributed by atoms with Gasteiger partial charge in [0.2, 0.25) is 11.8 Å². The number of hydrogen-bond acceptors (Lipinski definition) is 7. The molecule has 0 heterocycles. The molecule has 0 bridgehead atoms. The molecule has 0 saturated carbocycles. The Balaban J connectivity index is 4.61. The van der Waals surface area contributed by atoms with Crippen LogP contribution < -0.4 is 11.1 Å². The Morgan fingerprint density at radius 2 is 1.78 bits per heavy atom. The zero-order valence-corrected chi connectivity index (χ0v) is 14.2. The average Bonchev–Trinajstić information content (AvgIpc) is 2.32. The van der Waals surface area contributed by atoms with Crippen LogP contribution in [0, 0.1) is 5.41 Å². The predicted molar refractivity (Wildman–Crippen MR) is 75.5 cm³/mol. The zero-order valence-electron chi connectivity index (χ0n) is 12.4. The van der Waals surface area contributed by atoms with E-state index in [0.717, 1.165) is 0 Å². The summed E-state index contributed by atoms with van der Waals surface area (Å²) in [5.74, 6) is -1.54. The molecule has 0 aromatic rings. The molecule has 0 rings (SSSR count). The van der Waals surface area contributed by atoms with Gasteiger partial charge in [-0.15, -0.1) is 0 Å². The minimum atomic E-state index is -5.26. The van der Waals surface area contributed by atoms with Crippen LogP contribution in [-0.4, -0.2) is 50.9 Å². The van der Waals surface area contributed by atoms with E-state index in [0.29, 0.717) is 0 Å². The highest BCUT2D eigenvalue weighted by atomic mass is 31.3. The van der Waals surface area contributed by atoms with Crippen molar-refractivity contribution < 1.29 is 47.3 Å². The van der Waals surface area contributed by atoms with Crippen LogP contribution in [-0.2, 0) is 27.6 Å². The van der Waals surface area contributed by atoms with Crippen molar-refractivity contribution in [1.82, 2.24) is 5.32 Å². The summed E-state index contributed by atoms with van der Waals surface area (Å²) in [6.07, 6.45) is -1.84. The average molecular weight is 378 g/mol. The number of carbonyl (C=O) groups excluding carboxylic acids is 2. The third kappa shape index (κ3) is 9.80. The third-order valence-electron chi connectivity index (χ3n) is 2.47. The van der Waals surface area contributed by atoms with E-state index in [-0.39, 0.29) is 13.0 Å². The molecule has 0 aromatic heterocycles. The van der Waals surface area contributed by atoms with Crippen molar-refractivity contribution in [2.75, 3.05) is 13.2 Å². The fourth-order valence-electron chi connectivity index (χ4n) is 1.25. The molecule has 0 spiro atoms. The van der Waals surface area contributed by atoms with Crippen LogP contribution in [0.25, 0.3) is 0 Å². The number of nitrogens with two attached hydrogens (primary N) is 1. The SMILES string of the molecule is CC(C)(COP(=O)(O)OP(=O)(O)O)[C@@H](O)C(=O)NCCC(N)=O. The largest absolute Gasteiger partial charge is 0.481 e. The molecule has 23 heavy (non-hydrogen) atoms. The Kier molecular flexibility index (Phi) is 8.01. The first-order valence-electron chi connectivity index (χ1n) is 6.14. The number of primary amides is 1. The summed E-state index contributed by atoms with van der Waals surface area (Å²) in [4.78, 5) is 48.2. The monoisotopic (exact) mass is 378 g/mol. The van der Waals surface area contributed by atoms with Gasteiger partial charge in [0.15, 0.2) is 0 Å². The zero-order chi connectivity index (χ0) is 18.5. The summed E-state index contributed by atoms with van der Waals surface area (Å²) in [5, 5.41) is 12.1. The lowest BCUT2D eigenvalue weighted by Gasteiger charge is -2.29. The summed E-state index contributed by atoms with van der Waals surface area (Å²) in [5.41, 5.74) is 3.47. The van der Waals surface area contributed by atoms with E-state index in [4.69, 9.17) is 20.4 Å². The Labute approximate surface area is 131 Å². The van der Waals surface area contributed by atoms with Crippen molar-refractivity contribution >= 4 is 27.5 Å². The van der Waals surface area contributed by atoms with Crippen LogP contribution in [0.3, 0.4) is 0 Å². The maximum atomic E-state index is 11.7. The second-order valence-electron chi connectivity index (χ2n) is 5.21. The Morgan fingerprint density at radius 1 is 1.26 bits per heavy atom. The minimum Gasteiger partial charge on any atom is -0.383 e. The summed E-state index contributed by atoms with van der Waals surface area (Å²) in [6.45, 7) is 1.75. The van der Waals surface area contributed by atoms with Gasteiger partial charge in [0.05, 0.1) is 6.61 Å². The van der Waals surface area contributed by atoms with Gasteiger partial charge in [-0.3, -0.25) is 14.1 Å². The Hall–Kier alpha value is -0.840. The van der Waals surface area contributed by atoms with E-state index in [1.165, 1.54) is 13.8 Å².